The van der Waals surface area contributed by atoms with Gasteiger partial charge in [-0.3, -0.25) is 0 Å². The standard InChI is InChI=1S/C36H48F2O2/c1-5-7-25-9-14-31(15-10-25)35(3)19-16-27(17-20-35)29-13-12-28-22-26(8-11-30(28)23-29)24-39-32-18-21-36(4,40-6-2)34(38)33(32)37/h9-10,14-19,21,26,28-30,34H,5-8,11-13,20,22-24H2,1-4H3. The molecule has 0 amide bonds. The molecule has 0 bridgehead atoms. The van der Waals surface area contributed by atoms with Gasteiger partial charge in [-0.05, 0) is 118 Å². The molecule has 4 heteroatoms. The highest BCUT2D eigenvalue weighted by Gasteiger charge is 2.42. The van der Waals surface area contributed by atoms with Crippen LogP contribution in [-0.4, -0.2) is 25.0 Å². The Bertz CT molecular complexity index is 1150. The summed E-state index contributed by atoms with van der Waals surface area (Å²) in [4.78, 5) is 0. The number of fused-ring (bicyclic) bond motifs is 1. The van der Waals surface area contributed by atoms with Crippen molar-refractivity contribution in [1.29, 1.82) is 0 Å². The van der Waals surface area contributed by atoms with Gasteiger partial charge in [-0.2, -0.15) is 0 Å². The molecule has 4 aliphatic carbocycles. The van der Waals surface area contributed by atoms with E-state index in [1.54, 1.807) is 26.0 Å². The van der Waals surface area contributed by atoms with E-state index in [0.717, 1.165) is 37.5 Å². The Kier molecular flexibility index (Phi) is 9.05. The lowest BCUT2D eigenvalue weighted by Crippen LogP contribution is -2.40. The molecular formula is C36H48F2O2. The van der Waals surface area contributed by atoms with Crippen molar-refractivity contribution in [2.45, 2.75) is 103 Å². The number of hydrogen-bond acceptors (Lipinski definition) is 2. The lowest BCUT2D eigenvalue weighted by atomic mass is 9.63. The zero-order valence-corrected chi connectivity index (χ0v) is 24.9. The van der Waals surface area contributed by atoms with Gasteiger partial charge in [0.15, 0.2) is 17.8 Å². The summed E-state index contributed by atoms with van der Waals surface area (Å²) in [6.45, 7) is 8.75. The predicted octanol–water partition coefficient (Wildman–Crippen LogP) is 9.52. The number of ether oxygens (including phenoxy) is 2. The Morgan fingerprint density at radius 2 is 1.68 bits per heavy atom. The topological polar surface area (TPSA) is 18.5 Å². The summed E-state index contributed by atoms with van der Waals surface area (Å²) in [6.07, 6.45) is 19.3. The van der Waals surface area contributed by atoms with E-state index < -0.39 is 17.6 Å². The van der Waals surface area contributed by atoms with Crippen LogP contribution in [0.1, 0.15) is 90.2 Å². The second-order valence-corrected chi connectivity index (χ2v) is 13.2. The van der Waals surface area contributed by atoms with Crippen molar-refractivity contribution in [1.82, 2.24) is 0 Å². The maximum atomic E-state index is 14.7. The zero-order valence-electron chi connectivity index (χ0n) is 24.9. The highest BCUT2D eigenvalue weighted by atomic mass is 19.2. The first-order valence-corrected chi connectivity index (χ1v) is 15.7. The van der Waals surface area contributed by atoms with Crippen molar-refractivity contribution in [3.8, 4) is 0 Å². The van der Waals surface area contributed by atoms with E-state index >= 15 is 0 Å². The van der Waals surface area contributed by atoms with Crippen LogP contribution in [0.25, 0.3) is 0 Å². The van der Waals surface area contributed by atoms with Gasteiger partial charge in [0, 0.05) is 12.0 Å². The van der Waals surface area contributed by atoms with Crippen LogP contribution in [0.2, 0.25) is 0 Å². The second-order valence-electron chi connectivity index (χ2n) is 13.2. The molecule has 0 saturated heterocycles. The Hall–Kier alpha value is -2.20. The molecule has 0 N–H and O–H groups in total. The number of halogens is 2. The number of hydrogen-bond donors (Lipinski definition) is 0. The summed E-state index contributed by atoms with van der Waals surface area (Å²) in [6, 6.07) is 9.25. The molecule has 0 spiro atoms. The van der Waals surface area contributed by atoms with E-state index in [9.17, 15) is 8.78 Å². The minimum Gasteiger partial charge on any atom is -0.490 e. The van der Waals surface area contributed by atoms with E-state index in [-0.39, 0.29) is 11.2 Å². The zero-order chi connectivity index (χ0) is 28.3. The second kappa shape index (κ2) is 12.3. The number of allylic oxidation sites excluding steroid dienone is 5. The molecule has 7 unspecified atom stereocenters. The first kappa shape index (κ1) is 29.3. The molecule has 40 heavy (non-hydrogen) atoms. The Morgan fingerprint density at radius 3 is 2.38 bits per heavy atom. The molecular weight excluding hydrogens is 502 g/mol. The summed E-state index contributed by atoms with van der Waals surface area (Å²) in [7, 11) is 0. The van der Waals surface area contributed by atoms with Crippen LogP contribution in [-0.2, 0) is 21.3 Å². The molecule has 7 atom stereocenters. The van der Waals surface area contributed by atoms with Gasteiger partial charge in [0.1, 0.15) is 5.60 Å². The summed E-state index contributed by atoms with van der Waals surface area (Å²) in [5, 5.41) is 0. The molecule has 1 aromatic carbocycles. The van der Waals surface area contributed by atoms with Gasteiger partial charge in [0.05, 0.1) is 6.61 Å². The van der Waals surface area contributed by atoms with Crippen LogP contribution in [0.4, 0.5) is 8.78 Å². The SMILES string of the molecule is CCCc1ccc(C2(C)C=CC(C3CCC4CC(COC5=C(F)C(F)C(C)(OCC)C=C5)CCC4C3)=CC2)cc1. The van der Waals surface area contributed by atoms with E-state index in [1.807, 2.05) is 0 Å². The first-order valence-electron chi connectivity index (χ1n) is 15.7. The van der Waals surface area contributed by atoms with E-state index in [2.05, 4.69) is 56.3 Å². The molecule has 0 heterocycles. The molecule has 0 radical (unpaired) electrons. The number of alkyl halides is 1. The summed E-state index contributed by atoms with van der Waals surface area (Å²) >= 11 is 0. The van der Waals surface area contributed by atoms with Gasteiger partial charge in [-0.1, -0.05) is 62.8 Å². The van der Waals surface area contributed by atoms with Gasteiger partial charge in [0.2, 0.25) is 0 Å². The molecule has 2 saturated carbocycles. The molecule has 4 aliphatic rings. The maximum Gasteiger partial charge on any atom is 0.187 e. The molecule has 2 nitrogen and oxygen atoms in total. The number of rotatable bonds is 9. The largest absolute Gasteiger partial charge is 0.490 e. The van der Waals surface area contributed by atoms with Gasteiger partial charge in [-0.15, -0.1) is 0 Å². The van der Waals surface area contributed by atoms with Gasteiger partial charge < -0.3 is 9.47 Å². The van der Waals surface area contributed by atoms with E-state index in [4.69, 9.17) is 9.47 Å². The monoisotopic (exact) mass is 550 g/mol. The molecule has 1 aromatic rings. The lowest BCUT2D eigenvalue weighted by molar-refractivity contribution is -0.0430. The Balaban J connectivity index is 1.11. The third-order valence-corrected chi connectivity index (χ3v) is 10.2. The first-order chi connectivity index (χ1) is 19.2. The fourth-order valence-corrected chi connectivity index (χ4v) is 7.58. The van der Waals surface area contributed by atoms with Crippen LogP contribution in [0.5, 0.6) is 0 Å². The maximum absolute atomic E-state index is 14.7. The molecule has 2 fully saturated rings. The molecule has 0 aliphatic heterocycles. The number of benzene rings is 1. The van der Waals surface area contributed by atoms with Gasteiger partial charge in [-0.25, -0.2) is 8.78 Å². The average molecular weight is 551 g/mol. The van der Waals surface area contributed by atoms with Crippen LogP contribution in [0, 0.1) is 23.7 Å². The minimum absolute atomic E-state index is 0.0374. The molecule has 0 aromatic heterocycles. The fraction of sp³-hybridized carbons (Fsp3) is 0.611. The Labute approximate surface area is 240 Å². The van der Waals surface area contributed by atoms with Crippen molar-refractivity contribution in [3.63, 3.8) is 0 Å². The van der Waals surface area contributed by atoms with Crippen molar-refractivity contribution in [2.75, 3.05) is 13.2 Å². The third-order valence-electron chi connectivity index (χ3n) is 10.2. The average Bonchev–Trinajstić information content (AvgIpc) is 2.96. The lowest BCUT2D eigenvalue weighted by Gasteiger charge is -2.43. The number of aryl methyl sites for hydroxylation is 1. The van der Waals surface area contributed by atoms with Crippen molar-refractivity contribution >= 4 is 0 Å². The van der Waals surface area contributed by atoms with Crippen LogP contribution in [0.3, 0.4) is 0 Å². The van der Waals surface area contributed by atoms with Crippen LogP contribution in [0.15, 0.2) is 71.8 Å². The summed E-state index contributed by atoms with van der Waals surface area (Å²) < 4.78 is 40.7. The summed E-state index contributed by atoms with van der Waals surface area (Å²) in [5.41, 5.74) is 3.19. The van der Waals surface area contributed by atoms with Crippen LogP contribution >= 0.6 is 0 Å². The summed E-state index contributed by atoms with van der Waals surface area (Å²) in [5.74, 6) is 1.74. The normalized spacial score (nSPS) is 35.9. The Morgan fingerprint density at radius 1 is 0.925 bits per heavy atom. The van der Waals surface area contributed by atoms with Crippen molar-refractivity contribution in [3.05, 3.63) is 82.9 Å². The fourth-order valence-electron chi connectivity index (χ4n) is 7.58. The van der Waals surface area contributed by atoms with E-state index in [1.165, 1.54) is 48.8 Å². The van der Waals surface area contributed by atoms with Crippen LogP contribution < -0.4 is 0 Å². The van der Waals surface area contributed by atoms with Gasteiger partial charge in [0.25, 0.3) is 0 Å². The van der Waals surface area contributed by atoms with E-state index in [0.29, 0.717) is 25.0 Å². The van der Waals surface area contributed by atoms with Crippen molar-refractivity contribution in [2.24, 2.45) is 23.7 Å². The quantitative estimate of drug-likeness (QED) is 0.305. The molecule has 218 valence electrons. The minimum atomic E-state index is -1.83. The van der Waals surface area contributed by atoms with Crippen molar-refractivity contribution < 1.29 is 18.3 Å². The third kappa shape index (κ3) is 6.17. The highest BCUT2D eigenvalue weighted by molar-refractivity contribution is 5.40. The predicted molar refractivity (Wildman–Crippen MR) is 159 cm³/mol. The smallest absolute Gasteiger partial charge is 0.187 e. The molecule has 5 rings (SSSR count). The highest BCUT2D eigenvalue weighted by Crippen LogP contribution is 2.48. The van der Waals surface area contributed by atoms with Gasteiger partial charge >= 0.3 is 0 Å².